The summed E-state index contributed by atoms with van der Waals surface area (Å²) in [6.07, 6.45) is 8.55. The molecule has 0 spiro atoms. The molecule has 37 heavy (non-hydrogen) atoms. The maximum atomic E-state index is 15.9. The van der Waals surface area contributed by atoms with Crippen molar-refractivity contribution in [2.75, 3.05) is 39.0 Å². The zero-order valence-corrected chi connectivity index (χ0v) is 22.7. The zero-order chi connectivity index (χ0) is 25.7. The molecular weight excluding hydrogens is 487 g/mol. The Hall–Kier alpha value is -2.29. The molecule has 3 fully saturated rings. The highest BCUT2D eigenvalue weighted by Gasteiger charge is 2.32. The number of halogens is 1. The number of hydrogen-bond donors (Lipinski definition) is 0. The number of imidazole rings is 1. The lowest BCUT2D eigenvalue weighted by atomic mass is 9.87. The molecule has 1 aromatic heterocycles. The summed E-state index contributed by atoms with van der Waals surface area (Å²) in [6.45, 7) is 5.84. The van der Waals surface area contributed by atoms with Gasteiger partial charge in [0.05, 0.1) is 10.4 Å². The third-order valence-electron chi connectivity index (χ3n) is 8.80. The van der Waals surface area contributed by atoms with Crippen molar-refractivity contribution in [2.24, 2.45) is 13.0 Å². The molecule has 0 radical (unpaired) electrons. The Bertz CT molecular complexity index is 1380. The van der Waals surface area contributed by atoms with Crippen molar-refractivity contribution in [1.82, 2.24) is 19.4 Å². The Labute approximate surface area is 219 Å². The van der Waals surface area contributed by atoms with Gasteiger partial charge in [0.1, 0.15) is 11.3 Å². The van der Waals surface area contributed by atoms with E-state index in [0.29, 0.717) is 22.9 Å². The Morgan fingerprint density at radius 2 is 1.59 bits per heavy atom. The third-order valence-corrected chi connectivity index (χ3v) is 9.93. The highest BCUT2D eigenvalue weighted by Crippen LogP contribution is 2.36. The van der Waals surface area contributed by atoms with Gasteiger partial charge in [0, 0.05) is 31.5 Å². The van der Waals surface area contributed by atoms with Crippen LogP contribution in [0.25, 0.3) is 22.4 Å². The molecule has 0 unspecified atom stereocenters. The topological polar surface area (TPSA) is 58.4 Å². The Balaban J connectivity index is 1.15. The predicted molar refractivity (Wildman–Crippen MR) is 145 cm³/mol. The summed E-state index contributed by atoms with van der Waals surface area (Å²) in [5.41, 5.74) is 2.71. The van der Waals surface area contributed by atoms with Crippen LogP contribution in [-0.2, 0) is 16.9 Å². The zero-order valence-electron chi connectivity index (χ0n) is 21.9. The van der Waals surface area contributed by atoms with E-state index >= 15 is 4.39 Å². The SMILES string of the molecule is Cn1c(-c2ccc(S(C)(=O)=O)cc2)nc2ccc(C3CCN(C4CCN(CC5CC5)CC4)CC3)c(F)c21. The summed E-state index contributed by atoms with van der Waals surface area (Å²) >= 11 is 0. The largest absolute Gasteiger partial charge is 0.325 e. The van der Waals surface area contributed by atoms with E-state index in [2.05, 4.69) is 14.8 Å². The normalized spacial score (nSPS) is 21.2. The molecule has 3 heterocycles. The quantitative estimate of drug-likeness (QED) is 0.462. The molecule has 6 rings (SSSR count). The summed E-state index contributed by atoms with van der Waals surface area (Å²) in [4.78, 5) is 10.3. The van der Waals surface area contributed by atoms with Crippen LogP contribution in [-0.4, -0.2) is 72.8 Å². The molecule has 2 aromatic carbocycles. The molecule has 198 valence electrons. The van der Waals surface area contributed by atoms with Crippen LogP contribution in [0.1, 0.15) is 50.0 Å². The predicted octanol–water partition coefficient (Wildman–Crippen LogP) is 4.84. The number of benzene rings is 2. The number of likely N-dealkylation sites (tertiary alicyclic amines) is 2. The van der Waals surface area contributed by atoms with Crippen LogP contribution < -0.4 is 0 Å². The number of piperidine rings is 2. The highest BCUT2D eigenvalue weighted by atomic mass is 32.2. The van der Waals surface area contributed by atoms with E-state index in [9.17, 15) is 8.42 Å². The van der Waals surface area contributed by atoms with Gasteiger partial charge < -0.3 is 14.4 Å². The number of rotatable bonds is 6. The van der Waals surface area contributed by atoms with Gasteiger partial charge in [0.15, 0.2) is 15.7 Å². The maximum absolute atomic E-state index is 15.9. The standard InChI is InChI=1S/C29H37FN4O2S/c1-32-28-26(31-29(32)22-5-7-24(8-6-22)37(2,35)36)10-9-25(27(28)30)21-11-17-34(18-12-21)23-13-15-33(16-14-23)19-20-3-4-20/h5-10,20-21,23H,3-4,11-19H2,1-2H3. The van der Waals surface area contributed by atoms with Crippen molar-refractivity contribution in [1.29, 1.82) is 0 Å². The molecule has 1 aliphatic carbocycles. The minimum atomic E-state index is -3.27. The molecule has 0 bridgehead atoms. The van der Waals surface area contributed by atoms with Gasteiger partial charge in [0.2, 0.25) is 0 Å². The maximum Gasteiger partial charge on any atom is 0.175 e. The summed E-state index contributed by atoms with van der Waals surface area (Å²) in [6, 6.07) is 11.2. The molecule has 6 nitrogen and oxygen atoms in total. The lowest BCUT2D eigenvalue weighted by Gasteiger charge is -2.42. The first-order valence-corrected chi connectivity index (χ1v) is 15.6. The fourth-order valence-corrected chi connectivity index (χ4v) is 7.04. The molecule has 2 saturated heterocycles. The average Bonchev–Trinajstić information content (AvgIpc) is 3.64. The highest BCUT2D eigenvalue weighted by molar-refractivity contribution is 7.90. The second-order valence-electron chi connectivity index (χ2n) is 11.4. The van der Waals surface area contributed by atoms with Gasteiger partial charge in [-0.15, -0.1) is 0 Å². The Kier molecular flexibility index (Phi) is 6.62. The number of sulfone groups is 1. The fraction of sp³-hybridized carbons (Fsp3) is 0.552. The van der Waals surface area contributed by atoms with E-state index in [1.165, 1.54) is 51.6 Å². The van der Waals surface area contributed by atoms with E-state index < -0.39 is 9.84 Å². The van der Waals surface area contributed by atoms with Crippen molar-refractivity contribution in [3.63, 3.8) is 0 Å². The number of fused-ring (bicyclic) bond motifs is 1. The van der Waals surface area contributed by atoms with Crippen molar-refractivity contribution in [2.45, 2.75) is 55.4 Å². The fourth-order valence-electron chi connectivity index (χ4n) is 6.41. The molecule has 0 amide bonds. The number of aromatic nitrogens is 2. The van der Waals surface area contributed by atoms with Gasteiger partial charge in [-0.3, -0.25) is 0 Å². The van der Waals surface area contributed by atoms with E-state index in [4.69, 9.17) is 0 Å². The van der Waals surface area contributed by atoms with E-state index in [1.54, 1.807) is 28.8 Å². The molecule has 1 saturated carbocycles. The second kappa shape index (κ2) is 9.79. The van der Waals surface area contributed by atoms with Crippen LogP contribution in [0.15, 0.2) is 41.3 Å². The average molecular weight is 525 g/mol. The summed E-state index contributed by atoms with van der Waals surface area (Å²) in [5.74, 6) is 1.66. The molecule has 0 N–H and O–H groups in total. The van der Waals surface area contributed by atoms with E-state index in [0.717, 1.165) is 43.0 Å². The van der Waals surface area contributed by atoms with E-state index in [1.807, 2.05) is 19.2 Å². The number of hydrogen-bond acceptors (Lipinski definition) is 5. The monoisotopic (exact) mass is 524 g/mol. The van der Waals surface area contributed by atoms with Gasteiger partial charge in [-0.25, -0.2) is 17.8 Å². The molecule has 2 aliphatic heterocycles. The van der Waals surface area contributed by atoms with Crippen LogP contribution in [0.3, 0.4) is 0 Å². The van der Waals surface area contributed by atoms with Gasteiger partial charge in [-0.05, 0) is 112 Å². The van der Waals surface area contributed by atoms with Crippen LogP contribution >= 0.6 is 0 Å². The van der Waals surface area contributed by atoms with Crippen molar-refractivity contribution in [3.05, 3.63) is 47.8 Å². The van der Waals surface area contributed by atoms with Gasteiger partial charge >= 0.3 is 0 Å². The summed E-state index contributed by atoms with van der Waals surface area (Å²) in [7, 11) is -1.44. The van der Waals surface area contributed by atoms with Gasteiger partial charge in [0.25, 0.3) is 0 Å². The Morgan fingerprint density at radius 1 is 0.919 bits per heavy atom. The molecule has 0 atom stereocenters. The molecule has 8 heteroatoms. The third kappa shape index (κ3) is 5.08. The lowest BCUT2D eigenvalue weighted by Crippen LogP contribution is -2.47. The molecule has 3 aliphatic rings. The summed E-state index contributed by atoms with van der Waals surface area (Å²) in [5, 5.41) is 0. The first kappa shape index (κ1) is 25.0. The number of nitrogens with zero attached hydrogens (tertiary/aromatic N) is 4. The molecule has 3 aromatic rings. The minimum Gasteiger partial charge on any atom is -0.325 e. The van der Waals surface area contributed by atoms with Crippen LogP contribution in [0, 0.1) is 11.7 Å². The van der Waals surface area contributed by atoms with Gasteiger partial charge in [-0.2, -0.15) is 0 Å². The van der Waals surface area contributed by atoms with Crippen molar-refractivity contribution in [3.8, 4) is 11.4 Å². The first-order chi connectivity index (χ1) is 17.8. The summed E-state index contributed by atoms with van der Waals surface area (Å²) < 4.78 is 41.3. The van der Waals surface area contributed by atoms with Crippen LogP contribution in [0.4, 0.5) is 4.39 Å². The van der Waals surface area contributed by atoms with Gasteiger partial charge in [-0.1, -0.05) is 6.07 Å². The first-order valence-electron chi connectivity index (χ1n) is 13.7. The smallest absolute Gasteiger partial charge is 0.175 e. The van der Waals surface area contributed by atoms with Crippen LogP contribution in [0.2, 0.25) is 0 Å². The van der Waals surface area contributed by atoms with E-state index in [-0.39, 0.29) is 16.6 Å². The lowest BCUT2D eigenvalue weighted by molar-refractivity contribution is 0.0852. The number of aryl methyl sites for hydroxylation is 1. The molecular formula is C29H37FN4O2S. The second-order valence-corrected chi connectivity index (χ2v) is 13.4. The minimum absolute atomic E-state index is 0.168. The Morgan fingerprint density at radius 3 is 2.22 bits per heavy atom. The van der Waals surface area contributed by atoms with Crippen LogP contribution in [0.5, 0.6) is 0 Å². The van der Waals surface area contributed by atoms with Crippen molar-refractivity contribution < 1.29 is 12.8 Å². The van der Waals surface area contributed by atoms with Crippen molar-refractivity contribution >= 4 is 20.9 Å².